The molecule has 0 aliphatic carbocycles. The predicted octanol–water partition coefficient (Wildman–Crippen LogP) is 1.61. The van der Waals surface area contributed by atoms with Crippen LogP contribution < -0.4 is 0 Å². The Bertz CT molecular complexity index is 393. The molecule has 0 aromatic heterocycles. The summed E-state index contributed by atoms with van der Waals surface area (Å²) in [7, 11) is 1.41. The zero-order valence-corrected chi connectivity index (χ0v) is 11.8. The molecule has 0 aliphatic rings. The standard InChI is InChI=1S/C15H23NO3/c1-3-16(9-6-10-17)12-14-8-5-4-7-13(14)11-15(18)19-2/h4-5,7-8,17H,3,6,9-12H2,1-2H3. The summed E-state index contributed by atoms with van der Waals surface area (Å²) in [6.45, 7) is 4.89. The monoisotopic (exact) mass is 265 g/mol. The molecule has 0 amide bonds. The van der Waals surface area contributed by atoms with Crippen molar-refractivity contribution in [1.82, 2.24) is 4.90 Å². The Morgan fingerprint density at radius 1 is 1.32 bits per heavy atom. The molecule has 0 spiro atoms. The second-order valence-electron chi connectivity index (χ2n) is 4.47. The molecule has 0 saturated carbocycles. The molecule has 19 heavy (non-hydrogen) atoms. The number of aliphatic hydroxyl groups excluding tert-OH is 1. The fraction of sp³-hybridized carbons (Fsp3) is 0.533. The number of esters is 1. The van der Waals surface area contributed by atoms with Crippen LogP contribution in [0.4, 0.5) is 0 Å². The highest BCUT2D eigenvalue weighted by Crippen LogP contribution is 2.13. The second-order valence-corrected chi connectivity index (χ2v) is 4.47. The van der Waals surface area contributed by atoms with Gasteiger partial charge in [-0.1, -0.05) is 31.2 Å². The summed E-state index contributed by atoms with van der Waals surface area (Å²) in [4.78, 5) is 13.6. The first-order valence-corrected chi connectivity index (χ1v) is 6.68. The molecule has 106 valence electrons. The maximum atomic E-state index is 11.4. The van der Waals surface area contributed by atoms with Gasteiger partial charge >= 0.3 is 5.97 Å². The smallest absolute Gasteiger partial charge is 0.309 e. The van der Waals surface area contributed by atoms with Crippen molar-refractivity contribution in [3.8, 4) is 0 Å². The summed E-state index contributed by atoms with van der Waals surface area (Å²) < 4.78 is 4.72. The normalized spacial score (nSPS) is 10.7. The molecule has 1 aromatic carbocycles. The lowest BCUT2D eigenvalue weighted by Gasteiger charge is -2.21. The van der Waals surface area contributed by atoms with Crippen LogP contribution in [0.2, 0.25) is 0 Å². The molecule has 0 heterocycles. The minimum absolute atomic E-state index is 0.209. The number of methoxy groups -OCH3 is 1. The molecule has 1 aromatic rings. The van der Waals surface area contributed by atoms with Crippen molar-refractivity contribution in [2.24, 2.45) is 0 Å². The van der Waals surface area contributed by atoms with Crippen LogP contribution >= 0.6 is 0 Å². The van der Waals surface area contributed by atoms with Crippen LogP contribution in [0.5, 0.6) is 0 Å². The molecule has 4 heteroatoms. The molecule has 1 N–H and O–H groups in total. The Kier molecular flexibility index (Phi) is 7.15. The van der Waals surface area contributed by atoms with Gasteiger partial charge in [0.1, 0.15) is 0 Å². The lowest BCUT2D eigenvalue weighted by molar-refractivity contribution is -0.139. The third-order valence-corrected chi connectivity index (χ3v) is 3.15. The van der Waals surface area contributed by atoms with E-state index in [9.17, 15) is 4.79 Å². The molecule has 4 nitrogen and oxygen atoms in total. The molecular formula is C15H23NO3. The van der Waals surface area contributed by atoms with Crippen molar-refractivity contribution >= 4 is 5.97 Å². The average molecular weight is 265 g/mol. The van der Waals surface area contributed by atoms with E-state index in [0.29, 0.717) is 6.42 Å². The molecular weight excluding hydrogens is 242 g/mol. The van der Waals surface area contributed by atoms with Gasteiger partial charge in [0, 0.05) is 19.7 Å². The van der Waals surface area contributed by atoms with Crippen LogP contribution in [0.1, 0.15) is 24.5 Å². The molecule has 0 radical (unpaired) electrons. The SMILES string of the molecule is CCN(CCCO)Cc1ccccc1CC(=O)OC. The number of ether oxygens (including phenoxy) is 1. The third kappa shape index (κ3) is 5.41. The van der Waals surface area contributed by atoms with Crippen LogP contribution in [-0.2, 0) is 22.5 Å². The highest BCUT2D eigenvalue weighted by atomic mass is 16.5. The summed E-state index contributed by atoms with van der Waals surface area (Å²) >= 11 is 0. The number of carbonyl (C=O) groups excluding carboxylic acids is 1. The number of hydrogen-bond donors (Lipinski definition) is 1. The van der Waals surface area contributed by atoms with Crippen LogP contribution in [0, 0.1) is 0 Å². The minimum Gasteiger partial charge on any atom is -0.469 e. The molecule has 0 aliphatic heterocycles. The van der Waals surface area contributed by atoms with Crippen molar-refractivity contribution in [3.05, 3.63) is 35.4 Å². The van der Waals surface area contributed by atoms with Gasteiger partial charge in [0.15, 0.2) is 0 Å². The largest absolute Gasteiger partial charge is 0.469 e. The first-order chi connectivity index (χ1) is 9.21. The predicted molar refractivity (Wildman–Crippen MR) is 74.8 cm³/mol. The van der Waals surface area contributed by atoms with Gasteiger partial charge < -0.3 is 9.84 Å². The lowest BCUT2D eigenvalue weighted by Crippen LogP contribution is -2.25. The van der Waals surface area contributed by atoms with E-state index in [0.717, 1.165) is 37.2 Å². The minimum atomic E-state index is -0.217. The number of nitrogens with zero attached hydrogens (tertiary/aromatic N) is 1. The Morgan fingerprint density at radius 2 is 2.00 bits per heavy atom. The van der Waals surface area contributed by atoms with Crippen LogP contribution in [0.25, 0.3) is 0 Å². The van der Waals surface area contributed by atoms with Gasteiger partial charge in [-0.05, 0) is 24.1 Å². The van der Waals surface area contributed by atoms with Gasteiger partial charge in [-0.2, -0.15) is 0 Å². The summed E-state index contributed by atoms with van der Waals surface area (Å²) in [5, 5.41) is 8.89. The van der Waals surface area contributed by atoms with Gasteiger partial charge in [-0.3, -0.25) is 9.69 Å². The van der Waals surface area contributed by atoms with E-state index >= 15 is 0 Å². The first kappa shape index (κ1) is 15.7. The van der Waals surface area contributed by atoms with Crippen molar-refractivity contribution in [2.75, 3.05) is 26.8 Å². The van der Waals surface area contributed by atoms with Crippen LogP contribution in [0.15, 0.2) is 24.3 Å². The fourth-order valence-electron chi connectivity index (χ4n) is 2.00. The molecule has 0 atom stereocenters. The maximum Gasteiger partial charge on any atom is 0.309 e. The zero-order chi connectivity index (χ0) is 14.1. The van der Waals surface area contributed by atoms with Crippen molar-refractivity contribution in [2.45, 2.75) is 26.3 Å². The van der Waals surface area contributed by atoms with E-state index in [1.54, 1.807) is 0 Å². The maximum absolute atomic E-state index is 11.4. The topological polar surface area (TPSA) is 49.8 Å². The Balaban J connectivity index is 2.72. The van der Waals surface area contributed by atoms with Gasteiger partial charge in [-0.25, -0.2) is 0 Å². The number of hydrogen-bond acceptors (Lipinski definition) is 4. The number of aliphatic hydroxyl groups is 1. The van der Waals surface area contributed by atoms with Crippen LogP contribution in [-0.4, -0.2) is 42.8 Å². The highest BCUT2D eigenvalue weighted by molar-refractivity contribution is 5.72. The fourth-order valence-corrected chi connectivity index (χ4v) is 2.00. The number of benzene rings is 1. The summed E-state index contributed by atoms with van der Waals surface area (Å²) in [6, 6.07) is 7.92. The zero-order valence-electron chi connectivity index (χ0n) is 11.8. The van der Waals surface area contributed by atoms with E-state index in [2.05, 4.69) is 11.8 Å². The van der Waals surface area contributed by atoms with E-state index in [4.69, 9.17) is 9.84 Å². The Hall–Kier alpha value is -1.39. The second kappa shape index (κ2) is 8.67. The Labute approximate surface area is 115 Å². The summed E-state index contributed by atoms with van der Waals surface area (Å²) in [6.07, 6.45) is 1.08. The van der Waals surface area contributed by atoms with Gasteiger partial charge in [0.25, 0.3) is 0 Å². The lowest BCUT2D eigenvalue weighted by atomic mass is 10.0. The van der Waals surface area contributed by atoms with Crippen molar-refractivity contribution in [1.29, 1.82) is 0 Å². The van der Waals surface area contributed by atoms with E-state index in [-0.39, 0.29) is 12.6 Å². The Morgan fingerprint density at radius 3 is 2.58 bits per heavy atom. The molecule has 0 fully saturated rings. The first-order valence-electron chi connectivity index (χ1n) is 6.68. The van der Waals surface area contributed by atoms with Crippen LogP contribution in [0.3, 0.4) is 0 Å². The number of rotatable bonds is 8. The molecule has 1 rings (SSSR count). The van der Waals surface area contributed by atoms with Gasteiger partial charge in [-0.15, -0.1) is 0 Å². The van der Waals surface area contributed by atoms with E-state index < -0.39 is 0 Å². The third-order valence-electron chi connectivity index (χ3n) is 3.15. The molecule has 0 saturated heterocycles. The van der Waals surface area contributed by atoms with Crippen molar-refractivity contribution in [3.63, 3.8) is 0 Å². The number of carbonyl (C=O) groups is 1. The van der Waals surface area contributed by atoms with E-state index in [1.165, 1.54) is 7.11 Å². The quantitative estimate of drug-likeness (QED) is 0.725. The van der Waals surface area contributed by atoms with Gasteiger partial charge in [0.2, 0.25) is 0 Å². The average Bonchev–Trinajstić information content (AvgIpc) is 2.44. The molecule has 0 unspecified atom stereocenters. The van der Waals surface area contributed by atoms with E-state index in [1.807, 2.05) is 24.3 Å². The molecule has 0 bridgehead atoms. The summed E-state index contributed by atoms with van der Waals surface area (Å²) in [5.41, 5.74) is 2.16. The van der Waals surface area contributed by atoms with Crippen molar-refractivity contribution < 1.29 is 14.6 Å². The summed E-state index contributed by atoms with van der Waals surface area (Å²) in [5.74, 6) is -0.217. The highest BCUT2D eigenvalue weighted by Gasteiger charge is 2.10. The van der Waals surface area contributed by atoms with Gasteiger partial charge in [0.05, 0.1) is 13.5 Å².